The maximum Gasteiger partial charge on any atom is 0.255 e. The number of rotatable bonds is 5. The minimum absolute atomic E-state index is 0. The summed E-state index contributed by atoms with van der Waals surface area (Å²) < 4.78 is 1.72. The SMILES string of the molecule is Cc1c(C(=O)NC(C)(CN)C2CC2)cnn1-c1cccc(Cl)c1.Cl. The van der Waals surface area contributed by atoms with Crippen molar-refractivity contribution >= 4 is 29.9 Å². The quantitative estimate of drug-likeness (QED) is 0.851. The Hall–Kier alpha value is -1.56. The molecule has 0 aliphatic heterocycles. The molecule has 1 aliphatic carbocycles. The van der Waals surface area contributed by atoms with E-state index in [1.165, 1.54) is 0 Å². The van der Waals surface area contributed by atoms with Gasteiger partial charge in [-0.25, -0.2) is 4.68 Å². The number of nitrogens with zero attached hydrogens (tertiary/aromatic N) is 2. The van der Waals surface area contributed by atoms with Gasteiger partial charge >= 0.3 is 0 Å². The van der Waals surface area contributed by atoms with Gasteiger partial charge in [0.25, 0.3) is 5.91 Å². The minimum atomic E-state index is -0.346. The van der Waals surface area contributed by atoms with Gasteiger partial charge in [0.2, 0.25) is 0 Å². The van der Waals surface area contributed by atoms with Gasteiger partial charge in [0.1, 0.15) is 0 Å². The Balaban J connectivity index is 0.00000208. The normalized spacial score (nSPS) is 16.2. The molecule has 1 aromatic carbocycles. The molecule has 1 saturated carbocycles. The highest BCUT2D eigenvalue weighted by atomic mass is 35.5. The molecule has 3 N–H and O–H groups in total. The Bertz CT molecular complexity index is 742. The van der Waals surface area contributed by atoms with E-state index in [4.69, 9.17) is 17.3 Å². The van der Waals surface area contributed by atoms with Crippen LogP contribution in [0.4, 0.5) is 0 Å². The molecule has 1 atom stereocenters. The Morgan fingerprint density at radius 3 is 2.79 bits per heavy atom. The van der Waals surface area contributed by atoms with Crippen molar-refractivity contribution in [3.8, 4) is 5.69 Å². The molecule has 1 aliphatic rings. The van der Waals surface area contributed by atoms with Crippen molar-refractivity contribution in [1.29, 1.82) is 0 Å². The Morgan fingerprint density at radius 1 is 1.50 bits per heavy atom. The van der Waals surface area contributed by atoms with Crippen LogP contribution in [-0.2, 0) is 0 Å². The van der Waals surface area contributed by atoms with Gasteiger partial charge < -0.3 is 11.1 Å². The molecule has 130 valence electrons. The molecule has 1 amide bonds. The third-order valence-electron chi connectivity index (χ3n) is 4.61. The van der Waals surface area contributed by atoms with E-state index >= 15 is 0 Å². The van der Waals surface area contributed by atoms with E-state index in [2.05, 4.69) is 10.4 Å². The molecule has 1 unspecified atom stereocenters. The Morgan fingerprint density at radius 2 is 2.21 bits per heavy atom. The largest absolute Gasteiger partial charge is 0.345 e. The van der Waals surface area contributed by atoms with Crippen LogP contribution in [0.3, 0.4) is 0 Å². The van der Waals surface area contributed by atoms with Crippen molar-refractivity contribution < 1.29 is 4.79 Å². The zero-order chi connectivity index (χ0) is 16.6. The highest BCUT2D eigenvalue weighted by Crippen LogP contribution is 2.39. The number of nitrogens with one attached hydrogen (secondary N) is 1. The summed E-state index contributed by atoms with van der Waals surface area (Å²) in [6, 6.07) is 7.39. The maximum atomic E-state index is 12.6. The standard InChI is InChI=1S/C17H21ClN4O.ClH/c1-11-15(16(23)21-17(2,10-19)12-6-7-12)9-20-22(11)14-5-3-4-13(18)8-14;/h3-5,8-9,12H,6-7,10,19H2,1-2H3,(H,21,23);1H. The molecule has 0 saturated heterocycles. The Kier molecular flexibility index (Phi) is 5.58. The summed E-state index contributed by atoms with van der Waals surface area (Å²) in [6.07, 6.45) is 3.83. The van der Waals surface area contributed by atoms with E-state index < -0.39 is 0 Å². The number of hydrogen-bond acceptors (Lipinski definition) is 3. The van der Waals surface area contributed by atoms with Crippen LogP contribution in [0.1, 0.15) is 35.8 Å². The van der Waals surface area contributed by atoms with Crippen LogP contribution in [0.25, 0.3) is 5.69 Å². The molecule has 3 rings (SSSR count). The van der Waals surface area contributed by atoms with E-state index in [0.29, 0.717) is 23.0 Å². The number of nitrogens with two attached hydrogens (primary N) is 1. The van der Waals surface area contributed by atoms with Gasteiger partial charge in [-0.2, -0.15) is 5.10 Å². The van der Waals surface area contributed by atoms with Gasteiger partial charge in [-0.15, -0.1) is 12.4 Å². The molecule has 1 aromatic heterocycles. The molecule has 2 aromatic rings. The van der Waals surface area contributed by atoms with Gasteiger partial charge in [0.05, 0.1) is 28.7 Å². The molecule has 1 heterocycles. The second kappa shape index (κ2) is 7.13. The third kappa shape index (κ3) is 3.58. The highest BCUT2D eigenvalue weighted by Gasteiger charge is 2.41. The average molecular weight is 369 g/mol. The lowest BCUT2D eigenvalue weighted by Crippen LogP contribution is -2.53. The van der Waals surface area contributed by atoms with E-state index in [-0.39, 0.29) is 23.9 Å². The second-order valence-electron chi connectivity index (χ2n) is 6.39. The van der Waals surface area contributed by atoms with Crippen molar-refractivity contribution in [2.45, 2.75) is 32.2 Å². The number of aromatic nitrogens is 2. The van der Waals surface area contributed by atoms with Crippen LogP contribution in [0.2, 0.25) is 5.02 Å². The van der Waals surface area contributed by atoms with Crippen molar-refractivity contribution in [2.75, 3.05) is 6.54 Å². The first kappa shape index (κ1) is 18.8. The first-order valence-corrected chi connectivity index (χ1v) is 8.15. The first-order valence-electron chi connectivity index (χ1n) is 7.78. The lowest BCUT2D eigenvalue weighted by molar-refractivity contribution is 0.0897. The predicted molar refractivity (Wildman–Crippen MR) is 98.2 cm³/mol. The molecule has 5 nitrogen and oxygen atoms in total. The molecule has 0 spiro atoms. The zero-order valence-corrected chi connectivity index (χ0v) is 15.3. The summed E-state index contributed by atoms with van der Waals surface area (Å²) >= 11 is 6.03. The minimum Gasteiger partial charge on any atom is -0.345 e. The summed E-state index contributed by atoms with van der Waals surface area (Å²) in [5.74, 6) is 0.343. The highest BCUT2D eigenvalue weighted by molar-refractivity contribution is 6.30. The third-order valence-corrected chi connectivity index (χ3v) is 4.84. The fraction of sp³-hybridized carbons (Fsp3) is 0.412. The van der Waals surface area contributed by atoms with Gasteiger partial charge in [-0.1, -0.05) is 17.7 Å². The number of amides is 1. The van der Waals surface area contributed by atoms with E-state index in [1.54, 1.807) is 16.9 Å². The topological polar surface area (TPSA) is 72.9 Å². The summed E-state index contributed by atoms with van der Waals surface area (Å²) in [7, 11) is 0. The lowest BCUT2D eigenvalue weighted by atomic mass is 9.95. The predicted octanol–water partition coefficient (Wildman–Crippen LogP) is 3.11. The van der Waals surface area contributed by atoms with E-state index in [9.17, 15) is 4.79 Å². The Labute approximate surface area is 153 Å². The van der Waals surface area contributed by atoms with Crippen LogP contribution in [0.15, 0.2) is 30.5 Å². The van der Waals surface area contributed by atoms with Crippen molar-refractivity contribution in [3.05, 3.63) is 46.7 Å². The second-order valence-corrected chi connectivity index (χ2v) is 6.82. The fourth-order valence-electron chi connectivity index (χ4n) is 2.87. The van der Waals surface area contributed by atoms with Gasteiger partial charge in [0, 0.05) is 11.6 Å². The monoisotopic (exact) mass is 368 g/mol. The summed E-state index contributed by atoms with van der Waals surface area (Å²) in [5, 5.41) is 8.06. The molecular formula is C17H22Cl2N4O. The summed E-state index contributed by atoms with van der Waals surface area (Å²) in [5.41, 5.74) is 7.70. The lowest BCUT2D eigenvalue weighted by Gasteiger charge is -2.29. The van der Waals surface area contributed by atoms with Gasteiger partial charge in [-0.05, 0) is 50.8 Å². The average Bonchev–Trinajstić information content (AvgIpc) is 3.30. The fourth-order valence-corrected chi connectivity index (χ4v) is 3.05. The van der Waals surface area contributed by atoms with Crippen LogP contribution in [0, 0.1) is 12.8 Å². The number of carbonyl (C=O) groups excluding carboxylic acids is 1. The molecule has 7 heteroatoms. The van der Waals surface area contributed by atoms with Crippen LogP contribution < -0.4 is 11.1 Å². The number of carbonyl (C=O) groups is 1. The molecule has 1 fully saturated rings. The number of halogens is 2. The molecule has 24 heavy (non-hydrogen) atoms. The van der Waals surface area contributed by atoms with Crippen molar-refractivity contribution in [3.63, 3.8) is 0 Å². The summed E-state index contributed by atoms with van der Waals surface area (Å²) in [6.45, 7) is 4.32. The van der Waals surface area contributed by atoms with E-state index in [1.807, 2.05) is 32.0 Å². The molecule has 0 radical (unpaired) electrons. The van der Waals surface area contributed by atoms with Crippen molar-refractivity contribution in [2.24, 2.45) is 11.7 Å². The molecular weight excluding hydrogens is 347 g/mol. The first-order chi connectivity index (χ1) is 10.9. The van der Waals surface area contributed by atoms with Gasteiger partial charge in [0.15, 0.2) is 0 Å². The van der Waals surface area contributed by atoms with Crippen LogP contribution >= 0.6 is 24.0 Å². The van der Waals surface area contributed by atoms with E-state index in [0.717, 1.165) is 24.2 Å². The summed E-state index contributed by atoms with van der Waals surface area (Å²) in [4.78, 5) is 12.6. The van der Waals surface area contributed by atoms with Crippen LogP contribution in [0.5, 0.6) is 0 Å². The number of benzene rings is 1. The van der Waals surface area contributed by atoms with Crippen LogP contribution in [-0.4, -0.2) is 27.8 Å². The molecule has 0 bridgehead atoms. The smallest absolute Gasteiger partial charge is 0.255 e. The zero-order valence-electron chi connectivity index (χ0n) is 13.8. The number of hydrogen-bond donors (Lipinski definition) is 2. The maximum absolute atomic E-state index is 12.6. The van der Waals surface area contributed by atoms with Gasteiger partial charge in [-0.3, -0.25) is 4.79 Å². The van der Waals surface area contributed by atoms with Crippen molar-refractivity contribution in [1.82, 2.24) is 15.1 Å².